The molecule has 0 fully saturated rings. The number of ether oxygens (including phenoxy) is 1. The Balaban J connectivity index is 2.53. The summed E-state index contributed by atoms with van der Waals surface area (Å²) in [5.74, 6) is 0.222. The van der Waals surface area contributed by atoms with E-state index < -0.39 is 5.97 Å². The van der Waals surface area contributed by atoms with Gasteiger partial charge >= 0.3 is 5.97 Å². The average molecular weight is 258 g/mol. The topological polar surface area (TPSA) is 46.5 Å². The molecular formula is C16H18O3. The molecule has 2 aromatic carbocycles. The summed E-state index contributed by atoms with van der Waals surface area (Å²) < 4.78 is 5.93. The molecule has 0 aliphatic rings. The molecule has 1 N–H and O–H groups in total. The molecule has 2 rings (SSSR count). The molecule has 0 aromatic heterocycles. The van der Waals surface area contributed by atoms with E-state index in [9.17, 15) is 9.90 Å². The molecule has 0 spiro atoms. The van der Waals surface area contributed by atoms with E-state index in [1.807, 2.05) is 31.2 Å². The molecule has 0 heterocycles. The zero-order valence-corrected chi connectivity index (χ0v) is 11.4. The number of carboxylic acids is 1. The Hall–Kier alpha value is -2.03. The highest BCUT2D eigenvalue weighted by atomic mass is 16.5. The van der Waals surface area contributed by atoms with Crippen LogP contribution in [0.4, 0.5) is 0 Å². The van der Waals surface area contributed by atoms with E-state index in [4.69, 9.17) is 4.74 Å². The Morgan fingerprint density at radius 1 is 1.05 bits per heavy atom. The molecular weight excluding hydrogens is 240 g/mol. The molecule has 0 saturated carbocycles. The van der Waals surface area contributed by atoms with Gasteiger partial charge in [-0.05, 0) is 30.4 Å². The summed E-state index contributed by atoms with van der Waals surface area (Å²) in [6.45, 7) is 6.21. The van der Waals surface area contributed by atoms with Crippen molar-refractivity contribution in [2.75, 3.05) is 0 Å². The Labute approximate surface area is 112 Å². The molecule has 19 heavy (non-hydrogen) atoms. The summed E-state index contributed by atoms with van der Waals surface area (Å²) in [5.41, 5.74) is 0.306. The van der Waals surface area contributed by atoms with E-state index >= 15 is 0 Å². The van der Waals surface area contributed by atoms with Crippen molar-refractivity contribution in [1.29, 1.82) is 0 Å². The van der Waals surface area contributed by atoms with Crippen LogP contribution in [0, 0.1) is 5.92 Å². The van der Waals surface area contributed by atoms with Gasteiger partial charge in [0.1, 0.15) is 5.75 Å². The van der Waals surface area contributed by atoms with Crippen molar-refractivity contribution in [2.24, 2.45) is 5.92 Å². The number of benzene rings is 2. The molecule has 0 saturated heterocycles. The van der Waals surface area contributed by atoms with Crippen LogP contribution in [-0.4, -0.2) is 17.2 Å². The highest BCUT2D eigenvalue weighted by molar-refractivity contribution is 6.05. The molecule has 1 atom stereocenters. The van der Waals surface area contributed by atoms with Crippen LogP contribution in [0.2, 0.25) is 0 Å². The Kier molecular flexibility index (Phi) is 3.74. The number of carboxylic acid groups (broad SMARTS) is 1. The summed E-state index contributed by atoms with van der Waals surface area (Å²) in [6, 6.07) is 10.8. The Morgan fingerprint density at radius 3 is 2.26 bits per heavy atom. The van der Waals surface area contributed by atoms with Gasteiger partial charge in [-0.25, -0.2) is 4.79 Å². The number of fused-ring (bicyclic) bond motifs is 1. The quantitative estimate of drug-likeness (QED) is 0.902. The van der Waals surface area contributed by atoms with Crippen molar-refractivity contribution < 1.29 is 14.6 Å². The SMILES string of the molecule is CC(C)C(C)Oc1ccc(C(=O)O)c2ccccc12. The first-order valence-corrected chi connectivity index (χ1v) is 6.42. The third-order valence-electron chi connectivity index (χ3n) is 3.37. The van der Waals surface area contributed by atoms with Gasteiger partial charge in [0.15, 0.2) is 0 Å². The third kappa shape index (κ3) is 2.70. The van der Waals surface area contributed by atoms with E-state index in [-0.39, 0.29) is 6.10 Å². The highest BCUT2D eigenvalue weighted by Crippen LogP contribution is 2.30. The molecule has 3 nitrogen and oxygen atoms in total. The molecule has 3 heteroatoms. The fraction of sp³-hybridized carbons (Fsp3) is 0.312. The number of carbonyl (C=O) groups is 1. The second-order valence-electron chi connectivity index (χ2n) is 5.03. The summed E-state index contributed by atoms with van der Waals surface area (Å²) in [6.07, 6.45) is 0.0825. The van der Waals surface area contributed by atoms with E-state index in [1.54, 1.807) is 12.1 Å². The van der Waals surface area contributed by atoms with Crippen molar-refractivity contribution in [2.45, 2.75) is 26.9 Å². The lowest BCUT2D eigenvalue weighted by Crippen LogP contribution is -2.18. The monoisotopic (exact) mass is 258 g/mol. The molecule has 0 aliphatic carbocycles. The van der Waals surface area contributed by atoms with Crippen LogP contribution in [0.15, 0.2) is 36.4 Å². The molecule has 0 radical (unpaired) electrons. The number of aromatic carboxylic acids is 1. The molecule has 100 valence electrons. The summed E-state index contributed by atoms with van der Waals surface area (Å²) in [5, 5.41) is 10.8. The van der Waals surface area contributed by atoms with E-state index in [2.05, 4.69) is 13.8 Å². The van der Waals surface area contributed by atoms with Crippen LogP contribution >= 0.6 is 0 Å². The fourth-order valence-electron chi connectivity index (χ4n) is 1.90. The maximum Gasteiger partial charge on any atom is 0.336 e. The van der Waals surface area contributed by atoms with Crippen molar-refractivity contribution in [3.63, 3.8) is 0 Å². The Bertz CT molecular complexity index is 602. The first-order chi connectivity index (χ1) is 9.00. The fourth-order valence-corrected chi connectivity index (χ4v) is 1.90. The number of rotatable bonds is 4. The largest absolute Gasteiger partial charge is 0.490 e. The van der Waals surface area contributed by atoms with Gasteiger partial charge in [0.25, 0.3) is 0 Å². The second kappa shape index (κ2) is 5.31. The summed E-state index contributed by atoms with van der Waals surface area (Å²) >= 11 is 0. The van der Waals surface area contributed by atoms with E-state index in [0.29, 0.717) is 16.9 Å². The van der Waals surface area contributed by atoms with Crippen LogP contribution in [-0.2, 0) is 0 Å². The maximum absolute atomic E-state index is 11.2. The predicted molar refractivity (Wildman–Crippen MR) is 75.8 cm³/mol. The minimum atomic E-state index is -0.917. The minimum Gasteiger partial charge on any atom is -0.490 e. The lowest BCUT2D eigenvalue weighted by atomic mass is 10.0. The van der Waals surface area contributed by atoms with Crippen LogP contribution in [0.5, 0.6) is 5.75 Å². The van der Waals surface area contributed by atoms with Crippen LogP contribution in [0.3, 0.4) is 0 Å². The zero-order valence-electron chi connectivity index (χ0n) is 11.4. The molecule has 1 unspecified atom stereocenters. The van der Waals surface area contributed by atoms with Gasteiger partial charge in [-0.2, -0.15) is 0 Å². The molecule has 2 aromatic rings. The molecule has 0 amide bonds. The van der Waals surface area contributed by atoms with Crippen molar-refractivity contribution in [1.82, 2.24) is 0 Å². The van der Waals surface area contributed by atoms with Crippen molar-refractivity contribution in [3.05, 3.63) is 42.0 Å². The van der Waals surface area contributed by atoms with Crippen LogP contribution in [0.25, 0.3) is 10.8 Å². The van der Waals surface area contributed by atoms with Crippen molar-refractivity contribution in [3.8, 4) is 5.75 Å². The van der Waals surface area contributed by atoms with Gasteiger partial charge in [-0.3, -0.25) is 0 Å². The second-order valence-corrected chi connectivity index (χ2v) is 5.03. The van der Waals surface area contributed by atoms with Crippen molar-refractivity contribution >= 4 is 16.7 Å². The van der Waals surface area contributed by atoms with Gasteiger partial charge in [0, 0.05) is 5.39 Å². The number of hydrogen-bond donors (Lipinski definition) is 1. The van der Waals surface area contributed by atoms with Gasteiger partial charge in [-0.15, -0.1) is 0 Å². The lowest BCUT2D eigenvalue weighted by Gasteiger charge is -2.19. The zero-order chi connectivity index (χ0) is 14.0. The molecule has 0 bridgehead atoms. The number of hydrogen-bond acceptors (Lipinski definition) is 2. The predicted octanol–water partition coefficient (Wildman–Crippen LogP) is 3.96. The lowest BCUT2D eigenvalue weighted by molar-refractivity contribution is 0.0699. The highest BCUT2D eigenvalue weighted by Gasteiger charge is 2.14. The summed E-state index contributed by atoms with van der Waals surface area (Å²) in [4.78, 5) is 11.2. The van der Waals surface area contributed by atoms with E-state index in [1.165, 1.54) is 0 Å². The third-order valence-corrected chi connectivity index (χ3v) is 3.37. The standard InChI is InChI=1S/C16H18O3/c1-10(2)11(3)19-15-9-8-14(16(17)18)12-6-4-5-7-13(12)15/h4-11H,1-3H3,(H,17,18). The molecule has 0 aliphatic heterocycles. The van der Waals surface area contributed by atoms with Gasteiger partial charge in [0.05, 0.1) is 11.7 Å². The minimum absolute atomic E-state index is 0.0825. The van der Waals surface area contributed by atoms with E-state index in [0.717, 1.165) is 11.1 Å². The van der Waals surface area contributed by atoms with Gasteiger partial charge in [-0.1, -0.05) is 38.1 Å². The Morgan fingerprint density at radius 2 is 1.68 bits per heavy atom. The first-order valence-electron chi connectivity index (χ1n) is 6.42. The summed E-state index contributed by atoms with van der Waals surface area (Å²) in [7, 11) is 0. The maximum atomic E-state index is 11.2. The van der Waals surface area contributed by atoms with Crippen LogP contribution < -0.4 is 4.74 Å². The van der Waals surface area contributed by atoms with Gasteiger partial charge in [0.2, 0.25) is 0 Å². The smallest absolute Gasteiger partial charge is 0.336 e. The normalized spacial score (nSPS) is 12.6. The first kappa shape index (κ1) is 13.4. The van der Waals surface area contributed by atoms with Crippen LogP contribution in [0.1, 0.15) is 31.1 Å². The van der Waals surface area contributed by atoms with Gasteiger partial charge < -0.3 is 9.84 Å². The average Bonchev–Trinajstić information content (AvgIpc) is 2.38.